The topological polar surface area (TPSA) is 29.3 Å². The molecule has 0 aliphatic heterocycles. The largest absolute Gasteiger partial charge is 0.389 e. The number of nitrogens with two attached hydrogens (primary N) is 1. The molecule has 2 nitrogen and oxygen atoms in total. The van der Waals surface area contributed by atoms with Crippen molar-refractivity contribution in [3.05, 3.63) is 34.3 Å². The Labute approximate surface area is 119 Å². The molecule has 1 aliphatic rings. The molecule has 0 aromatic heterocycles. The van der Waals surface area contributed by atoms with Crippen molar-refractivity contribution < 1.29 is 0 Å². The van der Waals surface area contributed by atoms with Gasteiger partial charge in [0.25, 0.3) is 0 Å². The second kappa shape index (κ2) is 6.00. The van der Waals surface area contributed by atoms with Crippen molar-refractivity contribution in [3.8, 4) is 0 Å². The van der Waals surface area contributed by atoms with Crippen LogP contribution < -0.4 is 5.73 Å². The number of rotatable bonds is 6. The first-order valence-electron chi connectivity index (χ1n) is 6.40. The van der Waals surface area contributed by atoms with E-state index in [1.54, 1.807) is 0 Å². The van der Waals surface area contributed by atoms with Gasteiger partial charge in [-0.25, -0.2) is 0 Å². The molecule has 4 heteroatoms. The van der Waals surface area contributed by atoms with Gasteiger partial charge < -0.3 is 5.73 Å². The summed E-state index contributed by atoms with van der Waals surface area (Å²) in [6, 6.07) is 5.85. The van der Waals surface area contributed by atoms with E-state index in [0.29, 0.717) is 4.99 Å². The molecule has 1 aromatic rings. The lowest BCUT2D eigenvalue weighted by Crippen LogP contribution is -2.25. The molecule has 0 spiro atoms. The molecule has 0 bridgehead atoms. The van der Waals surface area contributed by atoms with Crippen LogP contribution in [0.3, 0.4) is 0 Å². The molecule has 2 rings (SSSR count). The smallest absolute Gasteiger partial charge is 0.104 e. The maximum absolute atomic E-state index is 6.28. The van der Waals surface area contributed by atoms with Crippen molar-refractivity contribution >= 4 is 28.8 Å². The monoisotopic (exact) mass is 282 g/mol. The minimum absolute atomic E-state index is 0.397. The van der Waals surface area contributed by atoms with Gasteiger partial charge in [-0.15, -0.1) is 0 Å². The fourth-order valence-electron chi connectivity index (χ4n) is 2.04. The van der Waals surface area contributed by atoms with Crippen molar-refractivity contribution in [2.75, 3.05) is 13.1 Å². The Morgan fingerprint density at radius 1 is 1.50 bits per heavy atom. The quantitative estimate of drug-likeness (QED) is 0.813. The van der Waals surface area contributed by atoms with Crippen LogP contribution in [-0.4, -0.2) is 23.0 Å². The number of hydrogen-bond acceptors (Lipinski definition) is 2. The van der Waals surface area contributed by atoms with E-state index in [9.17, 15) is 0 Å². The average Bonchev–Trinajstić information content (AvgIpc) is 3.14. The molecular formula is C14H19ClN2S. The highest BCUT2D eigenvalue weighted by Crippen LogP contribution is 2.30. The second-order valence-corrected chi connectivity index (χ2v) is 5.79. The molecule has 98 valence electrons. The fourth-order valence-corrected chi connectivity index (χ4v) is 2.41. The Morgan fingerprint density at radius 2 is 2.22 bits per heavy atom. The maximum Gasteiger partial charge on any atom is 0.104 e. The molecule has 1 aliphatic carbocycles. The van der Waals surface area contributed by atoms with Gasteiger partial charge in [-0.3, -0.25) is 4.90 Å². The molecule has 1 fully saturated rings. The average molecular weight is 283 g/mol. The highest BCUT2D eigenvalue weighted by atomic mass is 35.5. The SMILES string of the molecule is CCN(Cc1ccc(C(N)=S)cc1Cl)CC1CC1. The molecule has 0 heterocycles. The van der Waals surface area contributed by atoms with Gasteiger partial charge in [0.1, 0.15) is 4.99 Å². The van der Waals surface area contributed by atoms with Gasteiger partial charge in [-0.2, -0.15) is 0 Å². The zero-order valence-corrected chi connectivity index (χ0v) is 12.2. The number of thiocarbonyl (C=S) groups is 1. The molecule has 0 radical (unpaired) electrons. The predicted octanol–water partition coefficient (Wildman–Crippen LogP) is 3.21. The van der Waals surface area contributed by atoms with E-state index in [4.69, 9.17) is 29.6 Å². The van der Waals surface area contributed by atoms with E-state index >= 15 is 0 Å². The summed E-state index contributed by atoms with van der Waals surface area (Å²) >= 11 is 11.2. The van der Waals surface area contributed by atoms with Crippen molar-refractivity contribution in [2.24, 2.45) is 11.7 Å². The molecule has 18 heavy (non-hydrogen) atoms. The van der Waals surface area contributed by atoms with Crippen LogP contribution in [0.25, 0.3) is 0 Å². The molecule has 1 aromatic carbocycles. The van der Waals surface area contributed by atoms with Gasteiger partial charge in [0, 0.05) is 23.7 Å². The molecule has 2 N–H and O–H groups in total. The van der Waals surface area contributed by atoms with Gasteiger partial charge in [0.2, 0.25) is 0 Å². The zero-order valence-electron chi connectivity index (χ0n) is 10.7. The van der Waals surface area contributed by atoms with Crippen LogP contribution >= 0.6 is 23.8 Å². The Morgan fingerprint density at radius 3 is 2.72 bits per heavy atom. The third-order valence-electron chi connectivity index (χ3n) is 3.39. The summed E-state index contributed by atoms with van der Waals surface area (Å²) in [6.45, 7) is 5.34. The Hall–Kier alpha value is -0.640. The van der Waals surface area contributed by atoms with Gasteiger partial charge in [0.15, 0.2) is 0 Å². The van der Waals surface area contributed by atoms with Crippen molar-refractivity contribution in [1.29, 1.82) is 0 Å². The van der Waals surface area contributed by atoms with Crippen LogP contribution in [0, 0.1) is 5.92 Å². The van der Waals surface area contributed by atoms with Crippen molar-refractivity contribution in [2.45, 2.75) is 26.3 Å². The summed E-state index contributed by atoms with van der Waals surface area (Å²) in [4.78, 5) is 2.84. The van der Waals surface area contributed by atoms with E-state index in [-0.39, 0.29) is 0 Å². The first-order chi connectivity index (χ1) is 8.60. The van der Waals surface area contributed by atoms with Gasteiger partial charge in [-0.1, -0.05) is 42.9 Å². The van der Waals surface area contributed by atoms with E-state index in [0.717, 1.165) is 35.2 Å². The molecule has 0 atom stereocenters. The van der Waals surface area contributed by atoms with Crippen LogP contribution in [0.1, 0.15) is 30.9 Å². The standard InChI is InChI=1S/C14H19ClN2S/c1-2-17(8-10-3-4-10)9-12-6-5-11(14(16)18)7-13(12)15/h5-7,10H,2-4,8-9H2,1H3,(H2,16,18). The summed E-state index contributed by atoms with van der Waals surface area (Å²) in [5, 5.41) is 0.759. The van der Waals surface area contributed by atoms with E-state index in [2.05, 4.69) is 11.8 Å². The first kappa shape index (κ1) is 13.8. The Kier molecular flexibility index (Phi) is 4.60. The van der Waals surface area contributed by atoms with E-state index in [1.807, 2.05) is 18.2 Å². The third-order valence-corrected chi connectivity index (χ3v) is 3.98. The fraction of sp³-hybridized carbons (Fsp3) is 0.500. The van der Waals surface area contributed by atoms with Crippen molar-refractivity contribution in [3.63, 3.8) is 0 Å². The summed E-state index contributed by atoms with van der Waals surface area (Å²) < 4.78 is 0. The summed E-state index contributed by atoms with van der Waals surface area (Å²) in [7, 11) is 0. The van der Waals surface area contributed by atoms with Crippen molar-refractivity contribution in [1.82, 2.24) is 4.90 Å². The molecular weight excluding hydrogens is 264 g/mol. The van der Waals surface area contributed by atoms with Gasteiger partial charge in [0.05, 0.1) is 0 Å². The first-order valence-corrected chi connectivity index (χ1v) is 7.19. The van der Waals surface area contributed by atoms with Crippen LogP contribution in [0.4, 0.5) is 0 Å². The summed E-state index contributed by atoms with van der Waals surface area (Å²) in [5.41, 5.74) is 7.59. The maximum atomic E-state index is 6.28. The molecule has 1 saturated carbocycles. The summed E-state index contributed by atoms with van der Waals surface area (Å²) in [5.74, 6) is 0.902. The van der Waals surface area contributed by atoms with Crippen LogP contribution in [0.15, 0.2) is 18.2 Å². The number of benzene rings is 1. The number of hydrogen-bond donors (Lipinski definition) is 1. The van der Waals surface area contributed by atoms with Crippen LogP contribution in [-0.2, 0) is 6.54 Å². The summed E-state index contributed by atoms with van der Waals surface area (Å²) in [6.07, 6.45) is 2.76. The lowest BCUT2D eigenvalue weighted by molar-refractivity contribution is 0.268. The number of halogens is 1. The third kappa shape index (κ3) is 3.67. The lowest BCUT2D eigenvalue weighted by Gasteiger charge is -2.21. The second-order valence-electron chi connectivity index (χ2n) is 4.94. The zero-order chi connectivity index (χ0) is 13.1. The van der Waals surface area contributed by atoms with E-state index in [1.165, 1.54) is 19.4 Å². The highest BCUT2D eigenvalue weighted by molar-refractivity contribution is 7.80. The predicted molar refractivity (Wildman–Crippen MR) is 81.0 cm³/mol. The van der Waals surface area contributed by atoms with Crippen LogP contribution in [0.5, 0.6) is 0 Å². The van der Waals surface area contributed by atoms with E-state index < -0.39 is 0 Å². The number of nitrogens with zero attached hydrogens (tertiary/aromatic N) is 1. The minimum atomic E-state index is 0.397. The normalized spacial score (nSPS) is 15.1. The van der Waals surface area contributed by atoms with Gasteiger partial charge in [-0.05, 0) is 36.9 Å². The molecule has 0 amide bonds. The van der Waals surface area contributed by atoms with Gasteiger partial charge >= 0.3 is 0 Å². The Bertz CT molecular complexity index is 443. The lowest BCUT2D eigenvalue weighted by atomic mass is 10.1. The Balaban J connectivity index is 2.05. The molecule has 0 unspecified atom stereocenters. The highest BCUT2D eigenvalue weighted by Gasteiger charge is 2.23. The van der Waals surface area contributed by atoms with Crippen LogP contribution in [0.2, 0.25) is 5.02 Å². The minimum Gasteiger partial charge on any atom is -0.389 e. The molecule has 0 saturated heterocycles.